The number of hydrogen-bond acceptors (Lipinski definition) is 5. The number of benzene rings is 1. The fourth-order valence-corrected chi connectivity index (χ4v) is 4.51. The molecule has 0 saturated carbocycles. The van der Waals surface area contributed by atoms with E-state index in [1.807, 2.05) is 26.0 Å². The summed E-state index contributed by atoms with van der Waals surface area (Å²) in [4.78, 5) is 12.8. The third-order valence-corrected chi connectivity index (χ3v) is 6.41. The largest absolute Gasteiger partial charge is 0.382 e. The van der Waals surface area contributed by atoms with Crippen molar-refractivity contribution in [1.82, 2.24) is 4.31 Å². The Kier molecular flexibility index (Phi) is 7.13. The number of methoxy groups -OCH3 is 1. The zero-order chi connectivity index (χ0) is 18.4. The Labute approximate surface area is 150 Å². The molecule has 1 aliphatic heterocycles. The maximum Gasteiger partial charge on any atom is 0.217 e. The molecule has 1 fully saturated rings. The normalized spacial score (nSPS) is 18.6. The predicted octanol–water partition coefficient (Wildman–Crippen LogP) is 1.94. The number of aryl methyl sites for hydroxylation is 2. The van der Waals surface area contributed by atoms with E-state index in [9.17, 15) is 13.2 Å². The zero-order valence-electron chi connectivity index (χ0n) is 15.2. The summed E-state index contributed by atoms with van der Waals surface area (Å²) in [7, 11) is -1.96. The molecule has 1 aliphatic rings. The lowest BCUT2D eigenvalue weighted by Crippen LogP contribution is -2.42. The minimum absolute atomic E-state index is 0.104. The second kappa shape index (κ2) is 8.89. The van der Waals surface area contributed by atoms with Crippen LogP contribution >= 0.6 is 0 Å². The number of sulfonamides is 1. The first kappa shape index (κ1) is 20.0. The minimum atomic E-state index is -3.52. The van der Waals surface area contributed by atoms with Crippen molar-refractivity contribution < 1.29 is 22.7 Å². The van der Waals surface area contributed by atoms with Crippen molar-refractivity contribution in [2.75, 3.05) is 39.2 Å². The smallest absolute Gasteiger partial charge is 0.217 e. The van der Waals surface area contributed by atoms with Gasteiger partial charge in [0.25, 0.3) is 0 Å². The molecule has 140 valence electrons. The number of ether oxygens (including phenoxy) is 2. The molecule has 1 heterocycles. The number of rotatable bonds is 9. The molecular formula is C18H27NO5S. The molecular weight excluding hydrogens is 342 g/mol. The van der Waals surface area contributed by atoms with Crippen molar-refractivity contribution in [1.29, 1.82) is 0 Å². The summed E-state index contributed by atoms with van der Waals surface area (Å²) in [5.41, 5.74) is 2.72. The SMILES string of the molecule is COCCOCCS(=O)(=O)N1CCCC1C(=O)c1ccc(C)c(C)c1. The van der Waals surface area contributed by atoms with Crippen LogP contribution in [0.15, 0.2) is 18.2 Å². The lowest BCUT2D eigenvalue weighted by Gasteiger charge is -2.23. The first-order valence-corrected chi connectivity index (χ1v) is 10.2. The van der Waals surface area contributed by atoms with E-state index < -0.39 is 16.1 Å². The molecule has 1 aromatic carbocycles. The molecule has 1 aromatic rings. The number of carbonyl (C=O) groups is 1. The van der Waals surface area contributed by atoms with Gasteiger partial charge in [0.15, 0.2) is 5.78 Å². The molecule has 0 radical (unpaired) electrons. The molecule has 0 N–H and O–H groups in total. The summed E-state index contributed by atoms with van der Waals surface area (Å²) in [6, 6.07) is 4.92. The van der Waals surface area contributed by atoms with E-state index in [0.29, 0.717) is 38.2 Å². The quantitative estimate of drug-likeness (QED) is 0.491. The van der Waals surface area contributed by atoms with Crippen LogP contribution in [0, 0.1) is 13.8 Å². The Hall–Kier alpha value is -1.28. The lowest BCUT2D eigenvalue weighted by molar-refractivity contribution is 0.0779. The predicted molar refractivity (Wildman–Crippen MR) is 96.5 cm³/mol. The monoisotopic (exact) mass is 369 g/mol. The molecule has 1 atom stereocenters. The van der Waals surface area contributed by atoms with E-state index in [1.165, 1.54) is 4.31 Å². The van der Waals surface area contributed by atoms with Crippen LogP contribution in [0.25, 0.3) is 0 Å². The molecule has 0 bridgehead atoms. The summed E-state index contributed by atoms with van der Waals surface area (Å²) >= 11 is 0. The van der Waals surface area contributed by atoms with Crippen LogP contribution in [0.5, 0.6) is 0 Å². The van der Waals surface area contributed by atoms with Gasteiger partial charge in [-0.2, -0.15) is 4.31 Å². The highest BCUT2D eigenvalue weighted by atomic mass is 32.2. The summed E-state index contributed by atoms with van der Waals surface area (Å²) < 4.78 is 36.7. The standard InChI is InChI=1S/C18H27NO5S/c1-14-6-7-16(13-15(14)2)18(20)17-5-4-8-19(17)25(21,22)12-11-24-10-9-23-3/h6-7,13,17H,4-5,8-12H2,1-3H3. The fourth-order valence-electron chi connectivity index (χ4n) is 2.95. The van der Waals surface area contributed by atoms with Crippen LogP contribution in [-0.4, -0.2) is 63.8 Å². The molecule has 0 aliphatic carbocycles. The average molecular weight is 369 g/mol. The molecule has 25 heavy (non-hydrogen) atoms. The van der Waals surface area contributed by atoms with Crippen LogP contribution in [0.4, 0.5) is 0 Å². The van der Waals surface area contributed by atoms with Crippen molar-refractivity contribution in [2.24, 2.45) is 0 Å². The maximum atomic E-state index is 12.8. The van der Waals surface area contributed by atoms with Crippen LogP contribution in [0.3, 0.4) is 0 Å². The first-order chi connectivity index (χ1) is 11.9. The van der Waals surface area contributed by atoms with E-state index in [2.05, 4.69) is 0 Å². The van der Waals surface area contributed by atoms with Gasteiger partial charge in [0, 0.05) is 19.2 Å². The Morgan fingerprint density at radius 1 is 1.20 bits per heavy atom. The number of nitrogens with zero attached hydrogens (tertiary/aromatic N) is 1. The Balaban J connectivity index is 2.05. The van der Waals surface area contributed by atoms with Gasteiger partial charge < -0.3 is 9.47 Å². The second-order valence-corrected chi connectivity index (χ2v) is 8.39. The van der Waals surface area contributed by atoms with Crippen molar-refractivity contribution in [3.8, 4) is 0 Å². The first-order valence-electron chi connectivity index (χ1n) is 8.54. The molecule has 0 spiro atoms. The van der Waals surface area contributed by atoms with Gasteiger partial charge in [-0.05, 0) is 43.9 Å². The van der Waals surface area contributed by atoms with Crippen LogP contribution in [-0.2, 0) is 19.5 Å². The number of ketones is 1. The van der Waals surface area contributed by atoms with Crippen molar-refractivity contribution in [3.63, 3.8) is 0 Å². The highest BCUT2D eigenvalue weighted by Crippen LogP contribution is 2.25. The van der Waals surface area contributed by atoms with Gasteiger partial charge >= 0.3 is 0 Å². The number of carbonyl (C=O) groups excluding carboxylic acids is 1. The Morgan fingerprint density at radius 2 is 1.96 bits per heavy atom. The van der Waals surface area contributed by atoms with E-state index in [-0.39, 0.29) is 18.1 Å². The summed E-state index contributed by atoms with van der Waals surface area (Å²) in [5.74, 6) is -0.238. The molecule has 0 amide bonds. The number of hydrogen-bond donors (Lipinski definition) is 0. The van der Waals surface area contributed by atoms with Gasteiger partial charge in [0.1, 0.15) is 0 Å². The molecule has 1 saturated heterocycles. The van der Waals surface area contributed by atoms with E-state index in [1.54, 1.807) is 13.2 Å². The average Bonchev–Trinajstić information content (AvgIpc) is 3.07. The third kappa shape index (κ3) is 5.10. The van der Waals surface area contributed by atoms with Crippen LogP contribution in [0.1, 0.15) is 34.3 Å². The second-order valence-electron chi connectivity index (χ2n) is 6.35. The molecule has 7 heteroatoms. The van der Waals surface area contributed by atoms with Crippen LogP contribution < -0.4 is 0 Å². The highest BCUT2D eigenvalue weighted by Gasteiger charge is 2.38. The molecule has 6 nitrogen and oxygen atoms in total. The van der Waals surface area contributed by atoms with Gasteiger partial charge in [-0.15, -0.1) is 0 Å². The Bertz CT molecular complexity index is 701. The van der Waals surface area contributed by atoms with E-state index in [4.69, 9.17) is 9.47 Å². The van der Waals surface area contributed by atoms with Gasteiger partial charge in [0.2, 0.25) is 10.0 Å². The summed E-state index contributed by atoms with van der Waals surface area (Å²) in [6.45, 7) is 5.22. The number of Topliss-reactive ketones (excluding diaryl/α,β-unsaturated/α-hetero) is 1. The summed E-state index contributed by atoms with van der Waals surface area (Å²) in [5, 5.41) is 0. The van der Waals surface area contributed by atoms with Gasteiger partial charge in [-0.1, -0.05) is 12.1 Å². The zero-order valence-corrected chi connectivity index (χ0v) is 16.0. The van der Waals surface area contributed by atoms with Gasteiger partial charge in [-0.3, -0.25) is 4.79 Å². The summed E-state index contributed by atoms with van der Waals surface area (Å²) in [6.07, 6.45) is 1.26. The minimum Gasteiger partial charge on any atom is -0.382 e. The lowest BCUT2D eigenvalue weighted by atomic mass is 9.99. The van der Waals surface area contributed by atoms with E-state index >= 15 is 0 Å². The van der Waals surface area contributed by atoms with Gasteiger partial charge in [0.05, 0.1) is 31.6 Å². The van der Waals surface area contributed by atoms with Gasteiger partial charge in [-0.25, -0.2) is 8.42 Å². The van der Waals surface area contributed by atoms with Crippen molar-refractivity contribution in [3.05, 3.63) is 34.9 Å². The maximum absolute atomic E-state index is 12.8. The Morgan fingerprint density at radius 3 is 2.64 bits per heavy atom. The van der Waals surface area contributed by atoms with Crippen LogP contribution in [0.2, 0.25) is 0 Å². The molecule has 0 aromatic heterocycles. The van der Waals surface area contributed by atoms with E-state index in [0.717, 1.165) is 11.1 Å². The molecule has 2 rings (SSSR count). The topological polar surface area (TPSA) is 72.9 Å². The third-order valence-electron chi connectivity index (χ3n) is 4.57. The fraction of sp³-hybridized carbons (Fsp3) is 0.611. The highest BCUT2D eigenvalue weighted by molar-refractivity contribution is 7.89. The van der Waals surface area contributed by atoms with Crippen molar-refractivity contribution in [2.45, 2.75) is 32.7 Å². The van der Waals surface area contributed by atoms with Crippen molar-refractivity contribution >= 4 is 15.8 Å². The molecule has 1 unspecified atom stereocenters.